The van der Waals surface area contributed by atoms with Crippen LogP contribution in [-0.2, 0) is 14.4 Å². The van der Waals surface area contributed by atoms with Gasteiger partial charge in [0.2, 0.25) is 5.91 Å². The molecule has 37 heavy (non-hydrogen) atoms. The summed E-state index contributed by atoms with van der Waals surface area (Å²) in [5, 5.41) is 1.70. The van der Waals surface area contributed by atoms with E-state index in [-0.39, 0.29) is 11.8 Å². The second-order valence-electron chi connectivity index (χ2n) is 9.30. The summed E-state index contributed by atoms with van der Waals surface area (Å²) in [6.45, 7) is 7.00. The maximum Gasteiger partial charge on any atom is 0.266 e. The summed E-state index contributed by atoms with van der Waals surface area (Å²) in [5.41, 5.74) is 3.03. The Balaban J connectivity index is 1.56. The van der Waals surface area contributed by atoms with Crippen molar-refractivity contribution in [3.05, 3.63) is 83.9 Å². The molecule has 2 saturated heterocycles. The number of hydrogen-bond donors (Lipinski definition) is 0. The lowest BCUT2D eigenvalue weighted by molar-refractivity contribution is -0.126. The van der Waals surface area contributed by atoms with Gasteiger partial charge in [0.25, 0.3) is 5.91 Å². The summed E-state index contributed by atoms with van der Waals surface area (Å²) in [6.07, 6.45) is 1.05. The zero-order chi connectivity index (χ0) is 25.9. The number of carbonyl (C=O) groups excluding carboxylic acids is 2. The van der Waals surface area contributed by atoms with Crippen LogP contribution in [0.2, 0.25) is 0 Å². The molecule has 5 rings (SSSR count). The Bertz CT molecular complexity index is 1280. The molecule has 0 radical (unpaired) electrons. The normalized spacial score (nSPS) is 20.9. The Labute approximate surface area is 217 Å². The summed E-state index contributed by atoms with van der Waals surface area (Å²) in [5.74, 6) is -0.0591. The number of amides is 2. The number of fused-ring (bicyclic) bond motifs is 1. The number of nitrogens with zero attached hydrogens (tertiary/aromatic N) is 2. The number of hydroxylamine groups is 1. The van der Waals surface area contributed by atoms with Crippen molar-refractivity contribution < 1.29 is 23.9 Å². The Kier molecular flexibility index (Phi) is 7.15. The van der Waals surface area contributed by atoms with Crippen molar-refractivity contribution in [1.29, 1.82) is 0 Å². The van der Waals surface area contributed by atoms with E-state index >= 15 is 0 Å². The smallest absolute Gasteiger partial charge is 0.266 e. The first-order chi connectivity index (χ1) is 18.0. The van der Waals surface area contributed by atoms with Crippen molar-refractivity contribution in [2.45, 2.75) is 45.8 Å². The standard InChI is InChI=1S/C30H32N2O5/c1-4-6-18-36-24-17-16-21(19-25(24)35-5-2)27-26-28(37-32(27)22-13-8-7-9-14-22)30(34)31(29(26)33)23-15-11-10-12-20(23)3/h7-17,19,26-28H,4-6,18H2,1-3H3. The third-order valence-electron chi connectivity index (χ3n) is 6.85. The van der Waals surface area contributed by atoms with Gasteiger partial charge in [-0.2, -0.15) is 0 Å². The molecule has 3 aromatic carbocycles. The third-order valence-corrected chi connectivity index (χ3v) is 6.85. The summed E-state index contributed by atoms with van der Waals surface area (Å²) in [7, 11) is 0. The molecule has 2 heterocycles. The van der Waals surface area contributed by atoms with Gasteiger partial charge in [-0.25, -0.2) is 9.96 Å². The SMILES string of the molecule is CCCCOc1ccc(C2C3C(=O)N(c4ccccc4C)C(=O)C3ON2c2ccccc2)cc1OCC. The number of unbranched alkanes of at least 4 members (excludes halogenated alkanes) is 1. The van der Waals surface area contributed by atoms with Gasteiger partial charge in [0.05, 0.1) is 30.6 Å². The molecule has 192 valence electrons. The number of ether oxygens (including phenoxy) is 2. The summed E-state index contributed by atoms with van der Waals surface area (Å²) in [4.78, 5) is 35.0. The van der Waals surface area contributed by atoms with Gasteiger partial charge >= 0.3 is 0 Å². The minimum Gasteiger partial charge on any atom is -0.490 e. The minimum absolute atomic E-state index is 0.269. The van der Waals surface area contributed by atoms with E-state index in [1.54, 1.807) is 11.1 Å². The van der Waals surface area contributed by atoms with Gasteiger partial charge in [0.15, 0.2) is 17.6 Å². The van der Waals surface area contributed by atoms with Crippen LogP contribution in [0.3, 0.4) is 0 Å². The number of carbonyl (C=O) groups is 2. The lowest BCUT2D eigenvalue weighted by atomic mass is 9.90. The quantitative estimate of drug-likeness (QED) is 0.280. The van der Waals surface area contributed by atoms with Crippen molar-refractivity contribution in [3.63, 3.8) is 0 Å². The average molecular weight is 501 g/mol. The van der Waals surface area contributed by atoms with Gasteiger partial charge in [-0.1, -0.05) is 55.8 Å². The number of imide groups is 1. The van der Waals surface area contributed by atoms with Crippen LogP contribution in [0, 0.1) is 12.8 Å². The molecular formula is C30H32N2O5. The molecule has 3 unspecified atom stereocenters. The molecule has 0 bridgehead atoms. The van der Waals surface area contributed by atoms with E-state index in [2.05, 4.69) is 6.92 Å². The Hall–Kier alpha value is -3.84. The number of aryl methyl sites for hydroxylation is 1. The summed E-state index contributed by atoms with van der Waals surface area (Å²) >= 11 is 0. The average Bonchev–Trinajstić information content (AvgIpc) is 3.42. The maximum atomic E-state index is 13.9. The van der Waals surface area contributed by atoms with Crippen LogP contribution in [0.25, 0.3) is 0 Å². The van der Waals surface area contributed by atoms with Gasteiger partial charge in [-0.15, -0.1) is 0 Å². The van der Waals surface area contributed by atoms with E-state index in [1.165, 1.54) is 4.90 Å². The van der Waals surface area contributed by atoms with E-state index in [0.29, 0.717) is 30.4 Å². The van der Waals surface area contributed by atoms with Gasteiger partial charge in [-0.05, 0) is 61.7 Å². The molecule has 0 saturated carbocycles. The van der Waals surface area contributed by atoms with Crippen LogP contribution >= 0.6 is 0 Å². The Morgan fingerprint density at radius 2 is 1.62 bits per heavy atom. The Morgan fingerprint density at radius 3 is 2.35 bits per heavy atom. The predicted octanol–water partition coefficient (Wildman–Crippen LogP) is 5.62. The van der Waals surface area contributed by atoms with Crippen molar-refractivity contribution in [2.24, 2.45) is 5.92 Å². The molecule has 7 nitrogen and oxygen atoms in total. The highest BCUT2D eigenvalue weighted by Crippen LogP contribution is 2.49. The molecule has 3 aromatic rings. The maximum absolute atomic E-state index is 13.9. The molecule has 2 fully saturated rings. The highest BCUT2D eigenvalue weighted by Gasteiger charge is 2.60. The fourth-order valence-electron chi connectivity index (χ4n) is 5.03. The second kappa shape index (κ2) is 10.6. The van der Waals surface area contributed by atoms with E-state index < -0.39 is 18.1 Å². The molecule has 0 spiro atoms. The van der Waals surface area contributed by atoms with E-state index in [1.807, 2.05) is 80.6 Å². The topological polar surface area (TPSA) is 68.3 Å². The molecule has 0 aliphatic carbocycles. The van der Waals surface area contributed by atoms with Crippen molar-refractivity contribution in [1.82, 2.24) is 0 Å². The first kappa shape index (κ1) is 24.8. The molecule has 2 aliphatic heterocycles. The summed E-state index contributed by atoms with van der Waals surface area (Å²) in [6, 6.07) is 22.2. The number of anilines is 2. The molecule has 0 N–H and O–H groups in total. The van der Waals surface area contributed by atoms with Crippen LogP contribution in [0.4, 0.5) is 11.4 Å². The zero-order valence-electron chi connectivity index (χ0n) is 21.4. The Morgan fingerprint density at radius 1 is 0.865 bits per heavy atom. The molecule has 7 heteroatoms. The fourth-order valence-corrected chi connectivity index (χ4v) is 5.03. The van der Waals surface area contributed by atoms with E-state index in [4.69, 9.17) is 14.3 Å². The van der Waals surface area contributed by atoms with Gasteiger partial charge in [0, 0.05) is 0 Å². The lowest BCUT2D eigenvalue weighted by Gasteiger charge is -2.29. The van der Waals surface area contributed by atoms with Crippen molar-refractivity contribution in [3.8, 4) is 11.5 Å². The number of para-hydroxylation sites is 2. The van der Waals surface area contributed by atoms with Crippen LogP contribution in [-0.4, -0.2) is 31.1 Å². The molecular weight excluding hydrogens is 468 g/mol. The minimum atomic E-state index is -0.923. The first-order valence-corrected chi connectivity index (χ1v) is 12.9. The van der Waals surface area contributed by atoms with Gasteiger partial charge < -0.3 is 9.47 Å². The molecule has 2 aliphatic rings. The second-order valence-corrected chi connectivity index (χ2v) is 9.30. The lowest BCUT2D eigenvalue weighted by Crippen LogP contribution is -2.37. The van der Waals surface area contributed by atoms with Crippen molar-refractivity contribution in [2.75, 3.05) is 23.2 Å². The monoisotopic (exact) mass is 500 g/mol. The van der Waals surface area contributed by atoms with Gasteiger partial charge in [0.1, 0.15) is 5.92 Å². The van der Waals surface area contributed by atoms with E-state index in [0.717, 1.165) is 29.7 Å². The predicted molar refractivity (Wildman–Crippen MR) is 142 cm³/mol. The van der Waals surface area contributed by atoms with Crippen LogP contribution < -0.4 is 19.4 Å². The van der Waals surface area contributed by atoms with Crippen molar-refractivity contribution >= 4 is 23.2 Å². The van der Waals surface area contributed by atoms with Gasteiger partial charge in [-0.3, -0.25) is 14.4 Å². The highest BCUT2D eigenvalue weighted by atomic mass is 16.7. The molecule has 3 atom stereocenters. The third kappa shape index (κ3) is 4.55. The number of hydrogen-bond acceptors (Lipinski definition) is 6. The first-order valence-electron chi connectivity index (χ1n) is 12.9. The van der Waals surface area contributed by atoms with E-state index in [9.17, 15) is 9.59 Å². The largest absolute Gasteiger partial charge is 0.490 e. The highest BCUT2D eigenvalue weighted by molar-refractivity contribution is 6.24. The molecule has 0 aromatic heterocycles. The summed E-state index contributed by atoms with van der Waals surface area (Å²) < 4.78 is 11.9. The molecule has 2 amide bonds. The fraction of sp³-hybridized carbons (Fsp3) is 0.333. The van der Waals surface area contributed by atoms with Crippen LogP contribution in [0.5, 0.6) is 11.5 Å². The van der Waals surface area contributed by atoms with Crippen LogP contribution in [0.1, 0.15) is 43.9 Å². The number of rotatable bonds is 9. The van der Waals surface area contributed by atoms with Crippen LogP contribution in [0.15, 0.2) is 72.8 Å². The number of benzene rings is 3. The zero-order valence-corrected chi connectivity index (χ0v) is 21.4.